The van der Waals surface area contributed by atoms with Crippen LogP contribution in [0.5, 0.6) is 0 Å². The lowest BCUT2D eigenvalue weighted by atomic mass is 10.0. The SMILES string of the molecule is CS/C1=N/C=C(C(F)(F)F)\C(NCCCN2CCSCCC2=O)=C\CC1C. The largest absolute Gasteiger partial charge is 0.419 e. The Bertz CT molecular complexity index is 617. The van der Waals surface area contributed by atoms with Gasteiger partial charge in [0.15, 0.2) is 0 Å². The molecular formula is C18H26F3N3OS2. The van der Waals surface area contributed by atoms with E-state index in [-0.39, 0.29) is 17.5 Å². The number of hydrogen-bond acceptors (Lipinski definition) is 5. The molecule has 1 unspecified atom stereocenters. The van der Waals surface area contributed by atoms with E-state index in [1.54, 1.807) is 17.8 Å². The lowest BCUT2D eigenvalue weighted by Crippen LogP contribution is -2.34. The predicted octanol–water partition coefficient (Wildman–Crippen LogP) is 4.06. The van der Waals surface area contributed by atoms with Crippen LogP contribution in [0.3, 0.4) is 0 Å². The number of nitrogens with one attached hydrogen (secondary N) is 1. The quantitative estimate of drug-likeness (QED) is 0.680. The van der Waals surface area contributed by atoms with E-state index in [9.17, 15) is 18.0 Å². The molecule has 1 saturated heterocycles. The summed E-state index contributed by atoms with van der Waals surface area (Å²) in [6.07, 6.45) is 1.54. The Labute approximate surface area is 167 Å². The van der Waals surface area contributed by atoms with Gasteiger partial charge in [0.25, 0.3) is 0 Å². The highest BCUT2D eigenvalue weighted by atomic mass is 32.2. The number of thioether (sulfide) groups is 2. The van der Waals surface area contributed by atoms with E-state index >= 15 is 0 Å². The second-order valence-electron chi connectivity index (χ2n) is 6.49. The van der Waals surface area contributed by atoms with Gasteiger partial charge >= 0.3 is 6.18 Å². The second-order valence-corrected chi connectivity index (χ2v) is 8.54. The van der Waals surface area contributed by atoms with E-state index in [1.165, 1.54) is 11.8 Å². The molecule has 1 atom stereocenters. The van der Waals surface area contributed by atoms with Crippen molar-refractivity contribution >= 4 is 34.5 Å². The molecule has 2 aliphatic rings. The maximum absolute atomic E-state index is 13.4. The van der Waals surface area contributed by atoms with Crippen LogP contribution < -0.4 is 5.32 Å². The summed E-state index contributed by atoms with van der Waals surface area (Å²) in [5.74, 6) is 1.97. The molecule has 152 valence electrons. The monoisotopic (exact) mass is 421 g/mol. The molecule has 2 rings (SSSR count). The second kappa shape index (κ2) is 10.5. The van der Waals surface area contributed by atoms with Crippen LogP contribution in [0.1, 0.15) is 26.2 Å². The fourth-order valence-electron chi connectivity index (χ4n) is 2.93. The minimum Gasteiger partial charge on any atom is -0.385 e. The first kappa shape index (κ1) is 22.2. The Kier molecular flexibility index (Phi) is 8.60. The van der Waals surface area contributed by atoms with Gasteiger partial charge in [0, 0.05) is 55.4 Å². The topological polar surface area (TPSA) is 44.7 Å². The average Bonchev–Trinajstić information content (AvgIpc) is 2.80. The fraction of sp³-hybridized carbons (Fsp3) is 0.667. The summed E-state index contributed by atoms with van der Waals surface area (Å²) in [6, 6.07) is 0. The molecule has 9 heteroatoms. The third-order valence-corrected chi connectivity index (χ3v) is 6.35. The number of carbonyl (C=O) groups is 1. The molecule has 0 radical (unpaired) electrons. The third kappa shape index (κ3) is 6.78. The summed E-state index contributed by atoms with van der Waals surface area (Å²) in [4.78, 5) is 17.9. The Morgan fingerprint density at radius 3 is 2.89 bits per heavy atom. The van der Waals surface area contributed by atoms with Crippen molar-refractivity contribution in [2.45, 2.75) is 32.4 Å². The van der Waals surface area contributed by atoms with E-state index in [0.29, 0.717) is 43.9 Å². The molecule has 0 aromatic heterocycles. The minimum absolute atomic E-state index is 0.0788. The van der Waals surface area contributed by atoms with Crippen LogP contribution in [0.2, 0.25) is 0 Å². The minimum atomic E-state index is -4.47. The number of rotatable bonds is 5. The third-order valence-electron chi connectivity index (χ3n) is 4.46. The van der Waals surface area contributed by atoms with Crippen LogP contribution in [0.4, 0.5) is 13.2 Å². The normalized spacial score (nSPS) is 28.0. The van der Waals surface area contributed by atoms with Crippen molar-refractivity contribution in [1.82, 2.24) is 10.2 Å². The van der Waals surface area contributed by atoms with Crippen molar-refractivity contribution in [2.24, 2.45) is 10.9 Å². The highest BCUT2D eigenvalue weighted by molar-refractivity contribution is 8.13. The number of aliphatic imine (C=N–C) groups is 1. The molecule has 0 saturated carbocycles. The van der Waals surface area contributed by atoms with Crippen molar-refractivity contribution in [3.63, 3.8) is 0 Å². The summed E-state index contributed by atoms with van der Waals surface area (Å²) in [5, 5.41) is 3.62. The number of allylic oxidation sites excluding steroid dienone is 2. The summed E-state index contributed by atoms with van der Waals surface area (Å²) < 4.78 is 40.3. The number of carbonyl (C=O) groups excluding carboxylic acids is 1. The first-order valence-corrected chi connectivity index (χ1v) is 11.4. The molecule has 2 heterocycles. The summed E-state index contributed by atoms with van der Waals surface area (Å²) in [6.45, 7) is 3.61. The first-order valence-electron chi connectivity index (χ1n) is 9.02. The van der Waals surface area contributed by atoms with Gasteiger partial charge in [0.05, 0.1) is 10.6 Å². The highest BCUT2D eigenvalue weighted by Gasteiger charge is 2.36. The Morgan fingerprint density at radius 1 is 1.41 bits per heavy atom. The van der Waals surface area contributed by atoms with E-state index < -0.39 is 11.7 Å². The molecule has 0 bridgehead atoms. The molecule has 4 nitrogen and oxygen atoms in total. The smallest absolute Gasteiger partial charge is 0.385 e. The zero-order valence-corrected chi connectivity index (χ0v) is 17.3. The van der Waals surface area contributed by atoms with Crippen molar-refractivity contribution in [3.05, 3.63) is 23.5 Å². The first-order chi connectivity index (χ1) is 12.8. The van der Waals surface area contributed by atoms with Crippen LogP contribution in [-0.2, 0) is 4.79 Å². The van der Waals surface area contributed by atoms with Crippen LogP contribution >= 0.6 is 23.5 Å². The van der Waals surface area contributed by atoms with E-state index in [0.717, 1.165) is 17.7 Å². The summed E-state index contributed by atoms with van der Waals surface area (Å²) in [7, 11) is 0. The van der Waals surface area contributed by atoms with Gasteiger partial charge in [-0.1, -0.05) is 13.0 Å². The molecule has 1 fully saturated rings. The zero-order chi connectivity index (χ0) is 19.9. The molecule has 2 aliphatic heterocycles. The maximum atomic E-state index is 13.4. The molecular weight excluding hydrogens is 395 g/mol. The predicted molar refractivity (Wildman–Crippen MR) is 108 cm³/mol. The molecule has 1 amide bonds. The van der Waals surface area contributed by atoms with Gasteiger partial charge in [-0.2, -0.15) is 24.9 Å². The number of amides is 1. The van der Waals surface area contributed by atoms with E-state index in [1.807, 2.05) is 18.1 Å². The molecule has 27 heavy (non-hydrogen) atoms. The highest BCUT2D eigenvalue weighted by Crippen LogP contribution is 2.32. The Hall–Kier alpha value is -1.09. The number of halogens is 3. The number of nitrogens with zero attached hydrogens (tertiary/aromatic N) is 2. The Balaban J connectivity index is 1.99. The van der Waals surface area contributed by atoms with Crippen LogP contribution in [0.15, 0.2) is 28.5 Å². The van der Waals surface area contributed by atoms with Crippen LogP contribution in [0, 0.1) is 5.92 Å². The van der Waals surface area contributed by atoms with Gasteiger partial charge in [0.1, 0.15) is 0 Å². The Morgan fingerprint density at radius 2 is 2.19 bits per heavy atom. The zero-order valence-electron chi connectivity index (χ0n) is 15.6. The van der Waals surface area contributed by atoms with Gasteiger partial charge in [-0.15, -0.1) is 11.8 Å². The summed E-state index contributed by atoms with van der Waals surface area (Å²) >= 11 is 3.14. The van der Waals surface area contributed by atoms with E-state index in [4.69, 9.17) is 0 Å². The van der Waals surface area contributed by atoms with Gasteiger partial charge < -0.3 is 10.2 Å². The maximum Gasteiger partial charge on any atom is 0.419 e. The number of hydrogen-bond donors (Lipinski definition) is 1. The molecule has 0 aliphatic carbocycles. The standard InChI is InChI=1S/C18H26F3N3OS2/c1-13-4-5-15(14(18(19,20)21)12-23-17(13)26-2)22-7-3-8-24-9-11-27-10-6-16(24)25/h5,12-13,22H,3-4,6-11H2,1-2H3/b14-12+,15-5-,23-17+. The fourth-order valence-corrected chi connectivity index (χ4v) is 4.46. The molecule has 0 aromatic carbocycles. The van der Waals surface area contributed by atoms with Crippen molar-refractivity contribution in [2.75, 3.05) is 37.4 Å². The van der Waals surface area contributed by atoms with Crippen LogP contribution in [-0.4, -0.2) is 59.4 Å². The van der Waals surface area contributed by atoms with Gasteiger partial charge in [0.2, 0.25) is 5.91 Å². The summed E-state index contributed by atoms with van der Waals surface area (Å²) in [5.41, 5.74) is -0.667. The molecule has 0 aromatic rings. The van der Waals surface area contributed by atoms with Gasteiger partial charge in [-0.05, 0) is 19.1 Å². The van der Waals surface area contributed by atoms with Crippen molar-refractivity contribution < 1.29 is 18.0 Å². The van der Waals surface area contributed by atoms with Gasteiger partial charge in [-0.3, -0.25) is 9.79 Å². The van der Waals surface area contributed by atoms with Gasteiger partial charge in [-0.25, -0.2) is 0 Å². The van der Waals surface area contributed by atoms with E-state index in [2.05, 4.69) is 10.3 Å². The lowest BCUT2D eigenvalue weighted by molar-refractivity contribution is -0.130. The lowest BCUT2D eigenvalue weighted by Gasteiger charge is -2.22. The van der Waals surface area contributed by atoms with Crippen molar-refractivity contribution in [3.8, 4) is 0 Å². The van der Waals surface area contributed by atoms with Crippen molar-refractivity contribution in [1.29, 1.82) is 0 Å². The molecule has 1 N–H and O–H groups in total. The average molecular weight is 422 g/mol. The number of alkyl halides is 3. The molecule has 0 spiro atoms. The van der Waals surface area contributed by atoms with Crippen LogP contribution in [0.25, 0.3) is 0 Å².